The fourth-order valence-electron chi connectivity index (χ4n) is 3.28. The number of nitrogens with one attached hydrogen (secondary N) is 1. The SMILES string of the molecule is Cc1cccc(C(=O)N2CCC(CC(=O)NCc3ccccc3)C2)c1. The molecule has 1 aliphatic heterocycles. The van der Waals surface area contributed by atoms with Crippen LogP contribution >= 0.6 is 0 Å². The smallest absolute Gasteiger partial charge is 0.253 e. The first kappa shape index (κ1) is 17.2. The van der Waals surface area contributed by atoms with Gasteiger partial charge in [0.2, 0.25) is 5.91 Å². The first-order valence-corrected chi connectivity index (χ1v) is 8.78. The van der Waals surface area contributed by atoms with E-state index in [2.05, 4.69) is 5.32 Å². The van der Waals surface area contributed by atoms with Crippen LogP contribution in [0.2, 0.25) is 0 Å². The third-order valence-corrected chi connectivity index (χ3v) is 4.64. The molecule has 1 atom stereocenters. The van der Waals surface area contributed by atoms with Gasteiger partial charge in [0.05, 0.1) is 0 Å². The van der Waals surface area contributed by atoms with Gasteiger partial charge in [-0.25, -0.2) is 0 Å². The van der Waals surface area contributed by atoms with E-state index in [4.69, 9.17) is 0 Å². The number of hydrogen-bond donors (Lipinski definition) is 1. The Hall–Kier alpha value is -2.62. The molecule has 1 fully saturated rings. The minimum Gasteiger partial charge on any atom is -0.352 e. The summed E-state index contributed by atoms with van der Waals surface area (Å²) in [7, 11) is 0. The van der Waals surface area contributed by atoms with Crippen molar-refractivity contribution in [2.24, 2.45) is 5.92 Å². The van der Waals surface area contributed by atoms with Crippen LogP contribution in [0, 0.1) is 12.8 Å². The molecule has 0 aliphatic carbocycles. The molecule has 1 saturated heterocycles. The molecule has 2 aromatic rings. The van der Waals surface area contributed by atoms with Crippen LogP contribution in [0.5, 0.6) is 0 Å². The number of carbonyl (C=O) groups is 2. The van der Waals surface area contributed by atoms with Crippen molar-refractivity contribution < 1.29 is 9.59 Å². The van der Waals surface area contributed by atoms with Gasteiger partial charge in [-0.3, -0.25) is 9.59 Å². The van der Waals surface area contributed by atoms with E-state index in [9.17, 15) is 9.59 Å². The van der Waals surface area contributed by atoms with Crippen LogP contribution in [0.15, 0.2) is 54.6 Å². The zero-order chi connectivity index (χ0) is 17.6. The number of aryl methyl sites for hydroxylation is 1. The van der Waals surface area contributed by atoms with Crippen molar-refractivity contribution in [1.29, 1.82) is 0 Å². The molecule has 25 heavy (non-hydrogen) atoms. The van der Waals surface area contributed by atoms with Gasteiger partial charge in [-0.2, -0.15) is 0 Å². The first-order chi connectivity index (χ1) is 12.1. The van der Waals surface area contributed by atoms with E-state index in [-0.39, 0.29) is 17.7 Å². The number of benzene rings is 2. The number of nitrogens with zero attached hydrogens (tertiary/aromatic N) is 1. The van der Waals surface area contributed by atoms with E-state index in [1.165, 1.54) is 0 Å². The molecule has 130 valence electrons. The summed E-state index contributed by atoms with van der Waals surface area (Å²) in [6.45, 7) is 3.92. The fourth-order valence-corrected chi connectivity index (χ4v) is 3.28. The monoisotopic (exact) mass is 336 g/mol. The lowest BCUT2D eigenvalue weighted by Gasteiger charge is -2.17. The average molecular weight is 336 g/mol. The highest BCUT2D eigenvalue weighted by molar-refractivity contribution is 5.94. The standard InChI is InChI=1S/C21H24N2O2/c1-16-6-5-9-19(12-16)21(25)23-11-10-18(15-23)13-20(24)22-14-17-7-3-2-4-8-17/h2-9,12,18H,10-11,13-15H2,1H3,(H,22,24). The molecular weight excluding hydrogens is 312 g/mol. The zero-order valence-electron chi connectivity index (χ0n) is 14.6. The van der Waals surface area contributed by atoms with Crippen LogP contribution in [-0.4, -0.2) is 29.8 Å². The van der Waals surface area contributed by atoms with Crippen LogP contribution in [0.4, 0.5) is 0 Å². The van der Waals surface area contributed by atoms with E-state index >= 15 is 0 Å². The largest absolute Gasteiger partial charge is 0.352 e. The summed E-state index contributed by atoms with van der Waals surface area (Å²) in [6, 6.07) is 17.6. The number of hydrogen-bond acceptors (Lipinski definition) is 2. The molecule has 1 unspecified atom stereocenters. The Morgan fingerprint density at radius 1 is 1.12 bits per heavy atom. The molecule has 0 bridgehead atoms. The molecule has 0 aromatic heterocycles. The van der Waals surface area contributed by atoms with Gasteiger partial charge < -0.3 is 10.2 Å². The second kappa shape index (κ2) is 7.97. The van der Waals surface area contributed by atoms with Gasteiger partial charge in [0.25, 0.3) is 5.91 Å². The molecule has 1 heterocycles. The van der Waals surface area contributed by atoms with Crippen molar-refractivity contribution in [1.82, 2.24) is 10.2 Å². The third-order valence-electron chi connectivity index (χ3n) is 4.64. The molecule has 4 nitrogen and oxygen atoms in total. The van der Waals surface area contributed by atoms with Crippen LogP contribution in [0.1, 0.15) is 34.3 Å². The second-order valence-corrected chi connectivity index (χ2v) is 6.74. The summed E-state index contributed by atoms with van der Waals surface area (Å²) in [4.78, 5) is 26.6. The number of rotatable bonds is 5. The van der Waals surface area contributed by atoms with Gasteiger partial charge in [-0.05, 0) is 37.0 Å². The molecule has 2 amide bonds. The number of amides is 2. The highest BCUT2D eigenvalue weighted by Crippen LogP contribution is 2.22. The summed E-state index contributed by atoms with van der Waals surface area (Å²) < 4.78 is 0. The van der Waals surface area contributed by atoms with Crippen LogP contribution < -0.4 is 5.32 Å². The molecule has 4 heteroatoms. The summed E-state index contributed by atoms with van der Waals surface area (Å²) in [5.74, 6) is 0.360. The van der Waals surface area contributed by atoms with Crippen LogP contribution in [0.3, 0.4) is 0 Å². The van der Waals surface area contributed by atoms with Crippen molar-refractivity contribution in [3.8, 4) is 0 Å². The minimum absolute atomic E-state index is 0.0544. The van der Waals surface area contributed by atoms with Gasteiger partial charge in [-0.15, -0.1) is 0 Å². The van der Waals surface area contributed by atoms with Crippen molar-refractivity contribution in [3.63, 3.8) is 0 Å². The van der Waals surface area contributed by atoms with Gasteiger partial charge in [0, 0.05) is 31.6 Å². The zero-order valence-corrected chi connectivity index (χ0v) is 14.6. The highest BCUT2D eigenvalue weighted by Gasteiger charge is 2.28. The highest BCUT2D eigenvalue weighted by atomic mass is 16.2. The summed E-state index contributed by atoms with van der Waals surface area (Å²) in [5, 5.41) is 2.97. The fraction of sp³-hybridized carbons (Fsp3) is 0.333. The number of likely N-dealkylation sites (tertiary alicyclic amines) is 1. The molecule has 1 aliphatic rings. The summed E-state index contributed by atoms with van der Waals surface area (Å²) >= 11 is 0. The average Bonchev–Trinajstić information content (AvgIpc) is 3.08. The molecular formula is C21H24N2O2. The van der Waals surface area contributed by atoms with Crippen molar-refractivity contribution in [2.45, 2.75) is 26.3 Å². The van der Waals surface area contributed by atoms with E-state index in [1.54, 1.807) is 0 Å². The lowest BCUT2D eigenvalue weighted by Crippen LogP contribution is -2.30. The predicted molar refractivity (Wildman–Crippen MR) is 98.1 cm³/mol. The topological polar surface area (TPSA) is 49.4 Å². The van der Waals surface area contributed by atoms with Gasteiger partial charge in [-0.1, -0.05) is 48.0 Å². The first-order valence-electron chi connectivity index (χ1n) is 8.78. The Balaban J connectivity index is 1.47. The van der Waals surface area contributed by atoms with E-state index in [0.29, 0.717) is 19.5 Å². The van der Waals surface area contributed by atoms with Crippen molar-refractivity contribution >= 4 is 11.8 Å². The normalized spacial score (nSPS) is 16.7. The Kier molecular flexibility index (Phi) is 5.49. The van der Waals surface area contributed by atoms with E-state index in [1.807, 2.05) is 66.4 Å². The predicted octanol–water partition coefficient (Wildman–Crippen LogP) is 3.16. The van der Waals surface area contributed by atoms with Gasteiger partial charge >= 0.3 is 0 Å². The maximum atomic E-state index is 12.6. The second-order valence-electron chi connectivity index (χ2n) is 6.74. The molecule has 0 saturated carbocycles. The lowest BCUT2D eigenvalue weighted by atomic mass is 10.0. The summed E-state index contributed by atoms with van der Waals surface area (Å²) in [5.41, 5.74) is 2.91. The van der Waals surface area contributed by atoms with E-state index < -0.39 is 0 Å². The third kappa shape index (κ3) is 4.69. The summed E-state index contributed by atoms with van der Waals surface area (Å²) in [6.07, 6.45) is 1.36. The minimum atomic E-state index is 0.0544. The van der Waals surface area contributed by atoms with Crippen LogP contribution in [0.25, 0.3) is 0 Å². The molecule has 0 spiro atoms. The Labute approximate surface area is 148 Å². The maximum absolute atomic E-state index is 12.6. The molecule has 2 aromatic carbocycles. The lowest BCUT2D eigenvalue weighted by molar-refractivity contribution is -0.122. The van der Waals surface area contributed by atoms with Crippen molar-refractivity contribution in [3.05, 3.63) is 71.3 Å². The molecule has 1 N–H and O–H groups in total. The van der Waals surface area contributed by atoms with Gasteiger partial charge in [0.1, 0.15) is 0 Å². The maximum Gasteiger partial charge on any atom is 0.253 e. The number of carbonyl (C=O) groups excluding carboxylic acids is 2. The van der Waals surface area contributed by atoms with E-state index in [0.717, 1.165) is 29.7 Å². The molecule has 0 radical (unpaired) electrons. The molecule has 3 rings (SSSR count). The Morgan fingerprint density at radius 3 is 2.68 bits per heavy atom. The Bertz CT molecular complexity index is 743. The quantitative estimate of drug-likeness (QED) is 0.912. The Morgan fingerprint density at radius 2 is 1.92 bits per heavy atom. The van der Waals surface area contributed by atoms with Crippen LogP contribution in [-0.2, 0) is 11.3 Å². The van der Waals surface area contributed by atoms with Gasteiger partial charge in [0.15, 0.2) is 0 Å². The van der Waals surface area contributed by atoms with Crippen molar-refractivity contribution in [2.75, 3.05) is 13.1 Å².